The highest BCUT2D eigenvalue weighted by Crippen LogP contribution is 2.33. The van der Waals surface area contributed by atoms with E-state index in [0.29, 0.717) is 6.04 Å². The molecule has 0 spiro atoms. The second-order valence-corrected chi connectivity index (χ2v) is 5.73. The first kappa shape index (κ1) is 12.0. The summed E-state index contributed by atoms with van der Waals surface area (Å²) in [5.74, 6) is 1.18. The molecule has 0 unspecified atom stereocenters. The van der Waals surface area contributed by atoms with Crippen molar-refractivity contribution in [2.75, 3.05) is 31.6 Å². The Bertz CT molecular complexity index is 424. The van der Waals surface area contributed by atoms with Crippen molar-refractivity contribution in [2.45, 2.75) is 38.6 Å². The van der Waals surface area contributed by atoms with Gasteiger partial charge < -0.3 is 4.90 Å². The third-order valence-corrected chi connectivity index (χ3v) is 4.45. The van der Waals surface area contributed by atoms with Crippen molar-refractivity contribution >= 4 is 5.82 Å². The van der Waals surface area contributed by atoms with Crippen LogP contribution in [-0.2, 0) is 0 Å². The first-order valence-corrected chi connectivity index (χ1v) is 7.17. The number of likely N-dealkylation sites (tertiary alicyclic amines) is 1. The van der Waals surface area contributed by atoms with Crippen LogP contribution in [0.1, 0.15) is 42.9 Å². The quantitative estimate of drug-likeness (QED) is 0.798. The third-order valence-electron chi connectivity index (χ3n) is 4.45. The molecule has 0 radical (unpaired) electrons. The van der Waals surface area contributed by atoms with E-state index in [2.05, 4.69) is 36.0 Å². The van der Waals surface area contributed by atoms with Crippen LogP contribution in [0.2, 0.25) is 0 Å². The summed E-state index contributed by atoms with van der Waals surface area (Å²) in [6.07, 6.45) is 7.34. The van der Waals surface area contributed by atoms with Gasteiger partial charge in [0.2, 0.25) is 0 Å². The molecule has 2 saturated heterocycles. The Morgan fingerprint density at radius 3 is 2.56 bits per heavy atom. The predicted octanol–water partition coefficient (Wildman–Crippen LogP) is 2.76. The van der Waals surface area contributed by atoms with E-state index in [4.69, 9.17) is 4.98 Å². The predicted molar refractivity (Wildman–Crippen MR) is 75.0 cm³/mol. The maximum atomic E-state index is 4.70. The molecule has 0 N–H and O–H groups in total. The van der Waals surface area contributed by atoms with E-state index in [1.54, 1.807) is 0 Å². The molecule has 98 valence electrons. The van der Waals surface area contributed by atoms with Crippen molar-refractivity contribution in [1.82, 2.24) is 9.88 Å². The fourth-order valence-corrected chi connectivity index (χ4v) is 3.32. The van der Waals surface area contributed by atoms with Gasteiger partial charge in [-0.15, -0.1) is 0 Å². The zero-order valence-corrected chi connectivity index (χ0v) is 11.5. The maximum absolute atomic E-state index is 4.70. The van der Waals surface area contributed by atoms with Gasteiger partial charge in [-0.25, -0.2) is 4.98 Å². The molecule has 0 aromatic carbocycles. The van der Waals surface area contributed by atoms with Crippen LogP contribution in [0.4, 0.5) is 5.82 Å². The monoisotopic (exact) mass is 245 g/mol. The van der Waals surface area contributed by atoms with Gasteiger partial charge in [0.05, 0.1) is 0 Å². The highest BCUT2D eigenvalue weighted by Gasteiger charge is 2.24. The normalized spacial score (nSPS) is 25.0. The molecule has 2 aliphatic heterocycles. The van der Waals surface area contributed by atoms with Gasteiger partial charge in [0.1, 0.15) is 5.82 Å². The summed E-state index contributed by atoms with van der Waals surface area (Å²) in [6.45, 7) is 5.81. The van der Waals surface area contributed by atoms with E-state index in [1.165, 1.54) is 62.3 Å². The molecule has 3 heteroatoms. The summed E-state index contributed by atoms with van der Waals surface area (Å²) in [4.78, 5) is 9.57. The van der Waals surface area contributed by atoms with Gasteiger partial charge in [-0.05, 0) is 63.4 Å². The van der Waals surface area contributed by atoms with Gasteiger partial charge in [-0.1, -0.05) is 0 Å². The smallest absolute Gasteiger partial charge is 0.128 e. The van der Waals surface area contributed by atoms with Gasteiger partial charge in [0.25, 0.3) is 0 Å². The minimum Gasteiger partial charge on any atom is -0.357 e. The molecule has 3 rings (SSSR count). The Balaban J connectivity index is 1.84. The van der Waals surface area contributed by atoms with Crippen molar-refractivity contribution in [3.05, 3.63) is 23.4 Å². The molecule has 0 bridgehead atoms. The number of pyridine rings is 1. The van der Waals surface area contributed by atoms with E-state index >= 15 is 0 Å². The lowest BCUT2D eigenvalue weighted by molar-refractivity contribution is 0.316. The highest BCUT2D eigenvalue weighted by atomic mass is 15.2. The minimum absolute atomic E-state index is 0.588. The molecule has 1 aromatic rings. The fourth-order valence-electron chi connectivity index (χ4n) is 3.32. The zero-order valence-electron chi connectivity index (χ0n) is 11.5. The molecule has 0 aliphatic carbocycles. The fraction of sp³-hybridized carbons (Fsp3) is 0.667. The summed E-state index contributed by atoms with van der Waals surface area (Å²) >= 11 is 0. The number of anilines is 1. The van der Waals surface area contributed by atoms with Crippen LogP contribution in [-0.4, -0.2) is 36.6 Å². The molecule has 3 heterocycles. The average Bonchev–Trinajstić information content (AvgIpc) is 3.00. The molecular formula is C15H23N3. The van der Waals surface area contributed by atoms with Crippen LogP contribution in [0.5, 0.6) is 0 Å². The van der Waals surface area contributed by atoms with E-state index in [9.17, 15) is 0 Å². The van der Waals surface area contributed by atoms with Crippen molar-refractivity contribution in [3.63, 3.8) is 0 Å². The van der Waals surface area contributed by atoms with Crippen molar-refractivity contribution < 1.29 is 0 Å². The van der Waals surface area contributed by atoms with Gasteiger partial charge in [-0.2, -0.15) is 0 Å². The second-order valence-electron chi connectivity index (χ2n) is 5.73. The number of aromatic nitrogens is 1. The topological polar surface area (TPSA) is 19.4 Å². The Morgan fingerprint density at radius 1 is 1.17 bits per heavy atom. The van der Waals surface area contributed by atoms with Crippen LogP contribution in [0.15, 0.2) is 12.3 Å². The molecule has 3 nitrogen and oxygen atoms in total. The van der Waals surface area contributed by atoms with Crippen LogP contribution >= 0.6 is 0 Å². The van der Waals surface area contributed by atoms with Gasteiger partial charge in [0, 0.05) is 25.3 Å². The standard InChI is InChI=1S/C15H23N3/c1-12-10-15(18-8-3-4-9-18)16-11-13(12)14-6-5-7-17(14)2/h10-11,14H,3-9H2,1-2H3/t14-/m1/s1. The average molecular weight is 245 g/mol. The van der Waals surface area contributed by atoms with Crippen LogP contribution in [0, 0.1) is 6.92 Å². The molecule has 1 atom stereocenters. The second kappa shape index (κ2) is 4.88. The molecular weight excluding hydrogens is 222 g/mol. The van der Waals surface area contributed by atoms with Gasteiger partial charge in [0.15, 0.2) is 0 Å². The lowest BCUT2D eigenvalue weighted by Crippen LogP contribution is -2.21. The van der Waals surface area contributed by atoms with E-state index < -0.39 is 0 Å². The lowest BCUT2D eigenvalue weighted by atomic mass is 10.0. The molecule has 2 aliphatic rings. The Morgan fingerprint density at radius 2 is 1.94 bits per heavy atom. The van der Waals surface area contributed by atoms with Crippen molar-refractivity contribution in [1.29, 1.82) is 0 Å². The van der Waals surface area contributed by atoms with Crippen LogP contribution in [0.25, 0.3) is 0 Å². The molecule has 1 aromatic heterocycles. The maximum Gasteiger partial charge on any atom is 0.128 e. The molecule has 2 fully saturated rings. The molecule has 18 heavy (non-hydrogen) atoms. The largest absolute Gasteiger partial charge is 0.357 e. The summed E-state index contributed by atoms with van der Waals surface area (Å²) in [5.41, 5.74) is 2.84. The first-order valence-electron chi connectivity index (χ1n) is 7.17. The zero-order chi connectivity index (χ0) is 12.5. The van der Waals surface area contributed by atoms with E-state index in [1.807, 2.05) is 0 Å². The van der Waals surface area contributed by atoms with Gasteiger partial charge in [-0.3, -0.25) is 4.90 Å². The Kier molecular flexibility index (Phi) is 3.25. The summed E-state index contributed by atoms with van der Waals surface area (Å²) in [5, 5.41) is 0. The van der Waals surface area contributed by atoms with Crippen molar-refractivity contribution in [2.24, 2.45) is 0 Å². The number of hydrogen-bond acceptors (Lipinski definition) is 3. The van der Waals surface area contributed by atoms with E-state index in [-0.39, 0.29) is 0 Å². The van der Waals surface area contributed by atoms with Gasteiger partial charge >= 0.3 is 0 Å². The van der Waals surface area contributed by atoms with Crippen molar-refractivity contribution in [3.8, 4) is 0 Å². The summed E-state index contributed by atoms with van der Waals surface area (Å²) in [7, 11) is 2.23. The number of aryl methyl sites for hydroxylation is 1. The number of hydrogen-bond donors (Lipinski definition) is 0. The SMILES string of the molecule is Cc1cc(N2CCCC2)ncc1[C@H]1CCCN1C. The molecule has 0 saturated carbocycles. The van der Waals surface area contributed by atoms with E-state index in [0.717, 1.165) is 0 Å². The Labute approximate surface area is 110 Å². The Hall–Kier alpha value is -1.09. The highest BCUT2D eigenvalue weighted by molar-refractivity contribution is 5.45. The lowest BCUT2D eigenvalue weighted by Gasteiger charge is -2.23. The number of nitrogens with zero attached hydrogens (tertiary/aromatic N) is 3. The number of rotatable bonds is 2. The van der Waals surface area contributed by atoms with Crippen LogP contribution in [0.3, 0.4) is 0 Å². The van der Waals surface area contributed by atoms with Crippen LogP contribution < -0.4 is 4.90 Å². The minimum atomic E-state index is 0.588. The third kappa shape index (κ3) is 2.12. The first-order chi connectivity index (χ1) is 8.75. The molecule has 0 amide bonds. The summed E-state index contributed by atoms with van der Waals surface area (Å²) < 4.78 is 0. The summed E-state index contributed by atoms with van der Waals surface area (Å²) in [6, 6.07) is 2.87.